The molecule has 0 fully saturated rings. The quantitative estimate of drug-likeness (QED) is 0.666. The second-order valence-electron chi connectivity index (χ2n) is 5.57. The predicted octanol–water partition coefficient (Wildman–Crippen LogP) is 2.02. The van der Waals surface area contributed by atoms with E-state index in [-0.39, 0.29) is 13.2 Å². The van der Waals surface area contributed by atoms with Gasteiger partial charge < -0.3 is 29.7 Å². The Labute approximate surface area is 152 Å². The molecule has 0 aliphatic carbocycles. The molecule has 2 aromatic carbocycles. The number of benzene rings is 2. The standard InChI is InChI=1S/C19H23NO6/c1-24-16-9-8-14(10-17(16)25-2)18(22)15(21)11-20-19(23)26-12-13-6-4-3-5-7-13/h3-10,15,18,21-22H,11-12H2,1-2H3,(H,20,23). The molecular formula is C19H23NO6. The third kappa shape index (κ3) is 5.37. The minimum absolute atomic E-state index is 0.126. The number of carbonyl (C=O) groups excluding carboxylic acids is 1. The molecule has 0 bridgehead atoms. The summed E-state index contributed by atoms with van der Waals surface area (Å²) in [6.45, 7) is -0.0376. The van der Waals surface area contributed by atoms with Crippen molar-refractivity contribution in [2.24, 2.45) is 0 Å². The maximum Gasteiger partial charge on any atom is 0.407 e. The van der Waals surface area contributed by atoms with Crippen LogP contribution in [0.25, 0.3) is 0 Å². The van der Waals surface area contributed by atoms with Crippen LogP contribution in [-0.2, 0) is 11.3 Å². The number of aliphatic hydroxyl groups excluding tert-OH is 2. The lowest BCUT2D eigenvalue weighted by molar-refractivity contribution is 0.0182. The van der Waals surface area contributed by atoms with Gasteiger partial charge in [-0.1, -0.05) is 36.4 Å². The first-order chi connectivity index (χ1) is 12.5. The summed E-state index contributed by atoms with van der Waals surface area (Å²) in [6.07, 6.45) is -3.09. The Hall–Kier alpha value is -2.77. The second-order valence-corrected chi connectivity index (χ2v) is 5.57. The molecule has 7 heteroatoms. The lowest BCUT2D eigenvalue weighted by atomic mass is 10.0. The van der Waals surface area contributed by atoms with Gasteiger partial charge in [-0.05, 0) is 23.3 Å². The lowest BCUT2D eigenvalue weighted by Crippen LogP contribution is -2.35. The molecule has 0 aromatic heterocycles. The molecule has 0 aliphatic heterocycles. The van der Waals surface area contributed by atoms with E-state index in [0.29, 0.717) is 17.1 Å². The van der Waals surface area contributed by atoms with Gasteiger partial charge in [0.05, 0.1) is 14.2 Å². The molecule has 2 atom stereocenters. The summed E-state index contributed by atoms with van der Waals surface area (Å²) >= 11 is 0. The zero-order valence-electron chi connectivity index (χ0n) is 14.7. The Kier molecular flexibility index (Phi) is 7.25. The molecule has 2 rings (SSSR count). The molecule has 1 amide bonds. The van der Waals surface area contributed by atoms with Crippen LogP contribution in [0.5, 0.6) is 11.5 Å². The maximum absolute atomic E-state index is 11.7. The lowest BCUT2D eigenvalue weighted by Gasteiger charge is -2.19. The molecule has 0 heterocycles. The minimum atomic E-state index is -1.21. The summed E-state index contributed by atoms with van der Waals surface area (Å²) in [7, 11) is 2.99. The van der Waals surface area contributed by atoms with Crippen LogP contribution >= 0.6 is 0 Å². The summed E-state index contributed by atoms with van der Waals surface area (Å²) < 4.78 is 15.4. The number of carbonyl (C=O) groups is 1. The van der Waals surface area contributed by atoms with E-state index in [1.807, 2.05) is 30.3 Å². The molecule has 0 aliphatic rings. The SMILES string of the molecule is COc1ccc(C(O)C(O)CNC(=O)OCc2ccccc2)cc1OC. The number of methoxy groups -OCH3 is 2. The van der Waals surface area contributed by atoms with Crippen molar-refractivity contribution in [1.82, 2.24) is 5.32 Å². The monoisotopic (exact) mass is 361 g/mol. The Morgan fingerprint density at radius 3 is 2.38 bits per heavy atom. The number of nitrogens with one attached hydrogen (secondary N) is 1. The number of aliphatic hydroxyl groups is 2. The van der Waals surface area contributed by atoms with Gasteiger partial charge in [-0.15, -0.1) is 0 Å². The van der Waals surface area contributed by atoms with Crippen molar-refractivity contribution in [2.45, 2.75) is 18.8 Å². The predicted molar refractivity (Wildman–Crippen MR) is 95.1 cm³/mol. The number of alkyl carbamates (subject to hydrolysis) is 1. The molecular weight excluding hydrogens is 338 g/mol. The smallest absolute Gasteiger partial charge is 0.407 e. The van der Waals surface area contributed by atoms with Gasteiger partial charge in [-0.2, -0.15) is 0 Å². The molecule has 0 saturated carbocycles. The zero-order chi connectivity index (χ0) is 18.9. The van der Waals surface area contributed by atoms with Gasteiger partial charge in [0, 0.05) is 6.54 Å². The van der Waals surface area contributed by atoms with Crippen LogP contribution in [0.15, 0.2) is 48.5 Å². The molecule has 0 saturated heterocycles. The second kappa shape index (κ2) is 9.65. The van der Waals surface area contributed by atoms with Gasteiger partial charge in [0.1, 0.15) is 18.8 Å². The fourth-order valence-electron chi connectivity index (χ4n) is 2.33. The van der Waals surface area contributed by atoms with Gasteiger partial charge in [0.2, 0.25) is 0 Å². The van der Waals surface area contributed by atoms with Gasteiger partial charge in [0.25, 0.3) is 0 Å². The van der Waals surface area contributed by atoms with Crippen molar-refractivity contribution < 1.29 is 29.2 Å². The highest BCUT2D eigenvalue weighted by Gasteiger charge is 2.21. The van der Waals surface area contributed by atoms with Crippen LogP contribution in [0.3, 0.4) is 0 Å². The highest BCUT2D eigenvalue weighted by Crippen LogP contribution is 2.30. The van der Waals surface area contributed by atoms with Crippen molar-refractivity contribution in [1.29, 1.82) is 0 Å². The van der Waals surface area contributed by atoms with Crippen LogP contribution in [-0.4, -0.2) is 43.2 Å². The fourth-order valence-corrected chi connectivity index (χ4v) is 2.33. The van der Waals surface area contributed by atoms with Crippen LogP contribution in [0, 0.1) is 0 Å². The van der Waals surface area contributed by atoms with Crippen molar-refractivity contribution >= 4 is 6.09 Å². The van der Waals surface area contributed by atoms with Crippen LogP contribution in [0.4, 0.5) is 4.79 Å². The summed E-state index contributed by atoms with van der Waals surface area (Å²) in [5.74, 6) is 0.951. The van der Waals surface area contributed by atoms with Crippen molar-refractivity contribution in [3.8, 4) is 11.5 Å². The fraction of sp³-hybridized carbons (Fsp3) is 0.316. The first-order valence-electron chi connectivity index (χ1n) is 8.07. The van der Waals surface area contributed by atoms with E-state index >= 15 is 0 Å². The summed E-state index contributed by atoms with van der Waals surface area (Å²) in [4.78, 5) is 11.7. The van der Waals surface area contributed by atoms with E-state index in [9.17, 15) is 15.0 Å². The molecule has 0 spiro atoms. The Balaban J connectivity index is 1.84. The normalized spacial score (nSPS) is 12.8. The van der Waals surface area contributed by atoms with E-state index in [4.69, 9.17) is 14.2 Å². The molecule has 0 radical (unpaired) electrons. The van der Waals surface area contributed by atoms with E-state index in [1.54, 1.807) is 18.2 Å². The van der Waals surface area contributed by atoms with E-state index in [0.717, 1.165) is 5.56 Å². The van der Waals surface area contributed by atoms with Gasteiger partial charge >= 0.3 is 6.09 Å². The van der Waals surface area contributed by atoms with Gasteiger partial charge in [0.15, 0.2) is 11.5 Å². The van der Waals surface area contributed by atoms with Crippen molar-refractivity contribution in [3.05, 3.63) is 59.7 Å². The average molecular weight is 361 g/mol. The molecule has 3 N–H and O–H groups in total. The first-order valence-corrected chi connectivity index (χ1v) is 8.07. The molecule has 26 heavy (non-hydrogen) atoms. The van der Waals surface area contributed by atoms with Crippen molar-refractivity contribution in [3.63, 3.8) is 0 Å². The number of hydrogen-bond donors (Lipinski definition) is 3. The first kappa shape index (κ1) is 19.6. The zero-order valence-corrected chi connectivity index (χ0v) is 14.7. The Morgan fingerprint density at radius 2 is 1.73 bits per heavy atom. The van der Waals surface area contributed by atoms with Crippen LogP contribution < -0.4 is 14.8 Å². The van der Waals surface area contributed by atoms with Gasteiger partial charge in [-0.3, -0.25) is 0 Å². The number of hydrogen-bond acceptors (Lipinski definition) is 6. The highest BCUT2D eigenvalue weighted by molar-refractivity contribution is 5.67. The highest BCUT2D eigenvalue weighted by atomic mass is 16.5. The largest absolute Gasteiger partial charge is 0.493 e. The van der Waals surface area contributed by atoms with Crippen molar-refractivity contribution in [2.75, 3.05) is 20.8 Å². The minimum Gasteiger partial charge on any atom is -0.493 e. The van der Waals surface area contributed by atoms with Crippen LogP contribution in [0.2, 0.25) is 0 Å². The molecule has 140 valence electrons. The van der Waals surface area contributed by atoms with E-state index in [1.165, 1.54) is 14.2 Å². The molecule has 7 nitrogen and oxygen atoms in total. The third-order valence-electron chi connectivity index (χ3n) is 3.78. The van der Waals surface area contributed by atoms with Gasteiger partial charge in [-0.25, -0.2) is 4.79 Å². The summed E-state index contributed by atoms with van der Waals surface area (Å²) in [6, 6.07) is 14.1. The van der Waals surface area contributed by atoms with E-state index < -0.39 is 18.3 Å². The summed E-state index contributed by atoms with van der Waals surface area (Å²) in [5, 5.41) is 22.8. The molecule has 2 unspecified atom stereocenters. The number of amides is 1. The topological polar surface area (TPSA) is 97.2 Å². The molecule has 2 aromatic rings. The number of ether oxygens (including phenoxy) is 3. The average Bonchev–Trinajstić information content (AvgIpc) is 2.70. The maximum atomic E-state index is 11.7. The summed E-state index contributed by atoms with van der Waals surface area (Å²) in [5.41, 5.74) is 1.29. The van der Waals surface area contributed by atoms with Crippen LogP contribution in [0.1, 0.15) is 17.2 Å². The third-order valence-corrected chi connectivity index (χ3v) is 3.78. The van der Waals surface area contributed by atoms with E-state index in [2.05, 4.69) is 5.32 Å². The Morgan fingerprint density at radius 1 is 1.04 bits per heavy atom. The Bertz CT molecular complexity index is 706. The number of rotatable bonds is 8.